The Labute approximate surface area is 178 Å². The van der Waals surface area contributed by atoms with E-state index in [4.69, 9.17) is 0 Å². The summed E-state index contributed by atoms with van der Waals surface area (Å²) < 4.78 is 2.14. The third-order valence-electron chi connectivity index (χ3n) is 7.20. The minimum atomic E-state index is -0.139. The van der Waals surface area contributed by atoms with Crippen molar-refractivity contribution < 1.29 is 5.11 Å². The summed E-state index contributed by atoms with van der Waals surface area (Å²) in [6.45, 7) is 4.56. The third kappa shape index (κ3) is 4.60. The van der Waals surface area contributed by atoms with Crippen molar-refractivity contribution in [3.8, 4) is 0 Å². The van der Waals surface area contributed by atoms with Crippen molar-refractivity contribution in [1.29, 1.82) is 0 Å². The van der Waals surface area contributed by atoms with Crippen LogP contribution in [0.3, 0.4) is 0 Å². The van der Waals surface area contributed by atoms with E-state index >= 15 is 0 Å². The molecule has 0 spiro atoms. The van der Waals surface area contributed by atoms with Crippen molar-refractivity contribution in [3.63, 3.8) is 0 Å². The van der Waals surface area contributed by atoms with Gasteiger partial charge < -0.3 is 5.11 Å². The van der Waals surface area contributed by atoms with Crippen LogP contribution in [0.15, 0.2) is 40.5 Å². The quantitative estimate of drug-likeness (QED) is 0.647. The smallest absolute Gasteiger partial charge is 0.0699 e. The second-order valence-corrected chi connectivity index (χ2v) is 9.37. The van der Waals surface area contributed by atoms with E-state index in [1.54, 1.807) is 0 Å². The Hall–Kier alpha value is -0.430. The predicted octanol–water partition coefficient (Wildman–Crippen LogP) is 4.42. The van der Waals surface area contributed by atoms with Gasteiger partial charge in [0.2, 0.25) is 0 Å². The van der Waals surface area contributed by atoms with Gasteiger partial charge >= 0.3 is 0 Å². The molecule has 2 saturated heterocycles. The van der Waals surface area contributed by atoms with Gasteiger partial charge in [-0.25, -0.2) is 0 Å². The standard InChI is InChI=1S/C23H33IN2O/c24-11-5-13-25-12-4-8-20-16-23(27)22(17-21(20)25)26-14-9-19(10-15-26)18-6-2-1-3-7-18/h1-3,5-7,11,19-23,27H,4,8-10,12-17H2/b11-5+/t20-,21-,22-,23-/m1/s1. The number of aliphatic hydroxyl groups excluding tert-OH is 1. The van der Waals surface area contributed by atoms with Crippen molar-refractivity contribution in [2.45, 2.75) is 62.6 Å². The lowest BCUT2D eigenvalue weighted by atomic mass is 9.74. The van der Waals surface area contributed by atoms with Crippen LogP contribution in [0.1, 0.15) is 50.0 Å². The van der Waals surface area contributed by atoms with Crippen LogP contribution in [0.25, 0.3) is 0 Å². The summed E-state index contributed by atoms with van der Waals surface area (Å²) in [7, 11) is 0. The van der Waals surface area contributed by atoms with Crippen LogP contribution < -0.4 is 0 Å². The summed E-state index contributed by atoms with van der Waals surface area (Å²) in [4.78, 5) is 5.29. The molecule has 0 amide bonds. The molecular weight excluding hydrogens is 447 g/mol. The highest BCUT2D eigenvalue weighted by molar-refractivity contribution is 14.1. The molecule has 3 aliphatic rings. The number of fused-ring (bicyclic) bond motifs is 1. The normalized spacial score (nSPS) is 34.0. The van der Waals surface area contributed by atoms with Crippen LogP contribution in [-0.4, -0.2) is 59.3 Å². The molecule has 1 saturated carbocycles. The van der Waals surface area contributed by atoms with Gasteiger partial charge in [-0.05, 0) is 79.6 Å². The van der Waals surface area contributed by atoms with Crippen molar-refractivity contribution in [2.75, 3.05) is 26.2 Å². The maximum absolute atomic E-state index is 10.9. The summed E-state index contributed by atoms with van der Waals surface area (Å²) >= 11 is 2.32. The molecule has 2 heterocycles. The maximum Gasteiger partial charge on any atom is 0.0699 e. The first kappa shape index (κ1) is 19.9. The number of nitrogens with zero attached hydrogens (tertiary/aromatic N) is 2. The zero-order valence-corrected chi connectivity index (χ0v) is 18.4. The van der Waals surface area contributed by atoms with Crippen molar-refractivity contribution in [3.05, 3.63) is 46.1 Å². The molecule has 148 valence electrons. The third-order valence-corrected chi connectivity index (χ3v) is 7.71. The number of likely N-dealkylation sites (tertiary alicyclic amines) is 2. The minimum absolute atomic E-state index is 0.139. The first-order chi connectivity index (χ1) is 13.3. The van der Waals surface area contributed by atoms with Crippen molar-refractivity contribution >= 4 is 22.6 Å². The first-order valence-corrected chi connectivity index (χ1v) is 12.0. The van der Waals surface area contributed by atoms with Gasteiger partial charge in [-0.15, -0.1) is 0 Å². The fourth-order valence-corrected chi connectivity index (χ4v) is 6.01. The average Bonchev–Trinajstić information content (AvgIpc) is 2.72. The number of halogens is 1. The molecule has 0 radical (unpaired) electrons. The van der Waals surface area contributed by atoms with E-state index in [0.717, 1.165) is 32.5 Å². The highest BCUT2D eigenvalue weighted by atomic mass is 127. The van der Waals surface area contributed by atoms with E-state index in [2.05, 4.69) is 72.9 Å². The van der Waals surface area contributed by atoms with Gasteiger partial charge in [-0.3, -0.25) is 9.80 Å². The Morgan fingerprint density at radius 3 is 2.52 bits per heavy atom. The van der Waals surface area contributed by atoms with Crippen molar-refractivity contribution in [1.82, 2.24) is 9.80 Å². The Balaban J connectivity index is 1.38. The first-order valence-electron chi connectivity index (χ1n) is 10.7. The van der Waals surface area contributed by atoms with Crippen LogP contribution in [-0.2, 0) is 0 Å². The molecular formula is C23H33IN2O. The van der Waals surface area contributed by atoms with E-state index in [-0.39, 0.29) is 6.10 Å². The van der Waals surface area contributed by atoms with E-state index in [1.165, 1.54) is 37.8 Å². The second kappa shape index (κ2) is 9.38. The molecule has 0 unspecified atom stereocenters. The van der Waals surface area contributed by atoms with Crippen LogP contribution in [0.5, 0.6) is 0 Å². The summed E-state index contributed by atoms with van der Waals surface area (Å²) in [6.07, 6.45) is 9.33. The Morgan fingerprint density at radius 1 is 1.00 bits per heavy atom. The molecule has 1 aromatic rings. The molecule has 1 N–H and O–H groups in total. The van der Waals surface area contributed by atoms with Crippen LogP contribution in [0.2, 0.25) is 0 Å². The molecule has 27 heavy (non-hydrogen) atoms. The topological polar surface area (TPSA) is 26.7 Å². The average molecular weight is 480 g/mol. The highest BCUT2D eigenvalue weighted by Gasteiger charge is 2.43. The fraction of sp³-hybridized carbons (Fsp3) is 0.652. The summed E-state index contributed by atoms with van der Waals surface area (Å²) in [6, 6.07) is 12.0. The van der Waals surface area contributed by atoms with Gasteiger partial charge in [-0.1, -0.05) is 59.0 Å². The number of aliphatic hydroxyl groups is 1. The lowest BCUT2D eigenvalue weighted by Crippen LogP contribution is -2.58. The van der Waals surface area contributed by atoms with Gasteiger partial charge in [0.1, 0.15) is 0 Å². The van der Waals surface area contributed by atoms with Gasteiger partial charge in [0.05, 0.1) is 6.10 Å². The number of benzene rings is 1. The highest BCUT2D eigenvalue weighted by Crippen LogP contribution is 2.39. The van der Waals surface area contributed by atoms with E-state index in [9.17, 15) is 5.11 Å². The number of piperidine rings is 2. The molecule has 0 aromatic heterocycles. The largest absolute Gasteiger partial charge is 0.391 e. The number of rotatable bonds is 4. The number of hydrogen-bond acceptors (Lipinski definition) is 3. The number of hydrogen-bond donors (Lipinski definition) is 1. The molecule has 4 heteroatoms. The Bertz CT molecular complexity index is 614. The van der Waals surface area contributed by atoms with E-state index in [0.29, 0.717) is 23.9 Å². The molecule has 4 rings (SSSR count). The monoisotopic (exact) mass is 480 g/mol. The fourth-order valence-electron chi connectivity index (χ4n) is 5.79. The van der Waals surface area contributed by atoms with Gasteiger partial charge in [-0.2, -0.15) is 0 Å². The SMILES string of the molecule is O[C@@H]1C[C@H]2CCCN(C/C=C/I)[C@@H]2C[C@H]1N1CCC(c2ccccc2)CC1. The van der Waals surface area contributed by atoms with Gasteiger partial charge in [0.25, 0.3) is 0 Å². The summed E-state index contributed by atoms with van der Waals surface area (Å²) in [5, 5.41) is 10.9. The lowest BCUT2D eigenvalue weighted by Gasteiger charge is -2.51. The Morgan fingerprint density at radius 2 is 1.78 bits per heavy atom. The van der Waals surface area contributed by atoms with Crippen LogP contribution in [0, 0.1) is 5.92 Å². The van der Waals surface area contributed by atoms with Crippen molar-refractivity contribution in [2.24, 2.45) is 5.92 Å². The molecule has 0 bridgehead atoms. The molecule has 3 fully saturated rings. The van der Waals surface area contributed by atoms with Gasteiger partial charge in [0, 0.05) is 18.6 Å². The summed E-state index contributed by atoms with van der Waals surface area (Å²) in [5.41, 5.74) is 1.49. The molecule has 2 aliphatic heterocycles. The van der Waals surface area contributed by atoms with Crippen LogP contribution in [0.4, 0.5) is 0 Å². The minimum Gasteiger partial charge on any atom is -0.391 e. The van der Waals surface area contributed by atoms with E-state index in [1.807, 2.05) is 0 Å². The zero-order chi connectivity index (χ0) is 18.6. The van der Waals surface area contributed by atoms with Gasteiger partial charge in [0.15, 0.2) is 0 Å². The van der Waals surface area contributed by atoms with Crippen LogP contribution >= 0.6 is 22.6 Å². The second-order valence-electron chi connectivity index (χ2n) is 8.65. The van der Waals surface area contributed by atoms with E-state index < -0.39 is 0 Å². The summed E-state index contributed by atoms with van der Waals surface area (Å²) in [5.74, 6) is 1.38. The Kier molecular flexibility index (Phi) is 6.90. The molecule has 3 nitrogen and oxygen atoms in total. The molecule has 1 aliphatic carbocycles. The lowest BCUT2D eigenvalue weighted by molar-refractivity contribution is -0.0556. The molecule has 4 atom stereocenters. The maximum atomic E-state index is 10.9. The zero-order valence-electron chi connectivity index (χ0n) is 16.2. The molecule has 1 aromatic carbocycles. The predicted molar refractivity (Wildman–Crippen MR) is 120 cm³/mol.